The third kappa shape index (κ3) is 4.86. The van der Waals surface area contributed by atoms with Crippen LogP contribution in [0.4, 0.5) is 0 Å². The lowest BCUT2D eigenvalue weighted by atomic mass is 10.0. The highest BCUT2D eigenvalue weighted by Gasteiger charge is 2.14. The van der Waals surface area contributed by atoms with Gasteiger partial charge in [-0.2, -0.15) is 0 Å². The molecule has 0 radical (unpaired) electrons. The van der Waals surface area contributed by atoms with Crippen LogP contribution in [0.2, 0.25) is 0 Å². The molecular weight excluding hydrogens is 380 g/mol. The van der Waals surface area contributed by atoms with Crippen LogP contribution in [0.25, 0.3) is 22.1 Å². The summed E-state index contributed by atoms with van der Waals surface area (Å²) in [5, 5.41) is 0.572. The molecule has 0 N–H and O–H groups in total. The molecule has 0 spiro atoms. The quantitative estimate of drug-likeness (QED) is 0.376. The van der Waals surface area contributed by atoms with Crippen LogP contribution in [0.5, 0.6) is 17.2 Å². The first-order chi connectivity index (χ1) is 13.7. The van der Waals surface area contributed by atoms with Gasteiger partial charge in [0.2, 0.25) is 0 Å². The molecule has 2 aromatic carbocycles. The highest BCUT2D eigenvalue weighted by molar-refractivity contribution is 5.84. The minimum Gasteiger partial charge on any atom is -0.427 e. The molecule has 0 amide bonds. The molecule has 0 atom stereocenters. The van der Waals surface area contributed by atoms with Gasteiger partial charge in [-0.25, -0.2) is 4.79 Å². The molecule has 0 aliphatic carbocycles. The SMILES string of the molecule is CC(=O)Oc1cc(OC(C)=O)cc(-c2cc3ccc(OC(C)=O)cc3oc2=O)c1. The second-order valence-electron chi connectivity index (χ2n) is 6.12. The summed E-state index contributed by atoms with van der Waals surface area (Å²) in [4.78, 5) is 46.2. The lowest BCUT2D eigenvalue weighted by Gasteiger charge is -2.09. The van der Waals surface area contributed by atoms with Crippen molar-refractivity contribution in [2.24, 2.45) is 0 Å². The monoisotopic (exact) mass is 396 g/mol. The van der Waals surface area contributed by atoms with Gasteiger partial charge in [-0.05, 0) is 35.9 Å². The summed E-state index contributed by atoms with van der Waals surface area (Å²) in [6.07, 6.45) is 0. The van der Waals surface area contributed by atoms with Crippen molar-refractivity contribution in [2.45, 2.75) is 20.8 Å². The van der Waals surface area contributed by atoms with Crippen LogP contribution in [0.15, 0.2) is 51.7 Å². The Kier molecular flexibility index (Phi) is 5.45. The van der Waals surface area contributed by atoms with Gasteiger partial charge in [-0.3, -0.25) is 14.4 Å². The highest BCUT2D eigenvalue weighted by atomic mass is 16.5. The summed E-state index contributed by atoms with van der Waals surface area (Å²) < 4.78 is 20.5. The number of ether oxygens (including phenoxy) is 3. The minimum absolute atomic E-state index is 0.107. The molecule has 0 aliphatic heterocycles. The molecule has 0 unspecified atom stereocenters. The van der Waals surface area contributed by atoms with E-state index in [0.717, 1.165) is 0 Å². The lowest BCUT2D eigenvalue weighted by Crippen LogP contribution is -2.07. The molecule has 29 heavy (non-hydrogen) atoms. The highest BCUT2D eigenvalue weighted by Crippen LogP contribution is 2.31. The van der Waals surface area contributed by atoms with E-state index in [1.807, 2.05) is 0 Å². The molecule has 148 valence electrons. The van der Waals surface area contributed by atoms with E-state index in [2.05, 4.69) is 0 Å². The molecule has 8 nitrogen and oxygen atoms in total. The first-order valence-corrected chi connectivity index (χ1v) is 8.50. The van der Waals surface area contributed by atoms with Gasteiger partial charge in [0.25, 0.3) is 0 Å². The summed E-state index contributed by atoms with van der Waals surface area (Å²) in [6.45, 7) is 3.72. The Hall–Kier alpha value is -3.94. The van der Waals surface area contributed by atoms with Crippen LogP contribution in [-0.2, 0) is 14.4 Å². The number of hydrogen-bond donors (Lipinski definition) is 0. The molecular formula is C21H16O8. The number of carbonyl (C=O) groups excluding carboxylic acids is 3. The Bertz CT molecular complexity index is 1150. The van der Waals surface area contributed by atoms with Gasteiger partial charge in [0.1, 0.15) is 22.8 Å². The van der Waals surface area contributed by atoms with Gasteiger partial charge >= 0.3 is 23.5 Å². The van der Waals surface area contributed by atoms with Crippen LogP contribution in [-0.4, -0.2) is 17.9 Å². The van der Waals surface area contributed by atoms with E-state index < -0.39 is 23.5 Å². The second kappa shape index (κ2) is 7.97. The van der Waals surface area contributed by atoms with Crippen LogP contribution in [0, 0.1) is 0 Å². The Labute approximate surface area is 164 Å². The first kappa shape index (κ1) is 19.8. The van der Waals surface area contributed by atoms with E-state index in [-0.39, 0.29) is 28.4 Å². The van der Waals surface area contributed by atoms with Gasteiger partial charge in [-0.1, -0.05) is 0 Å². The van der Waals surface area contributed by atoms with Gasteiger partial charge in [0.05, 0.1) is 5.56 Å². The summed E-state index contributed by atoms with van der Waals surface area (Å²) in [6, 6.07) is 10.5. The lowest BCUT2D eigenvalue weighted by molar-refractivity contribution is -0.133. The van der Waals surface area contributed by atoms with E-state index in [1.54, 1.807) is 18.2 Å². The predicted octanol–water partition coefficient (Wildman–Crippen LogP) is 3.24. The molecule has 0 saturated heterocycles. The largest absolute Gasteiger partial charge is 0.427 e. The van der Waals surface area contributed by atoms with Gasteiger partial charge < -0.3 is 18.6 Å². The number of benzene rings is 2. The third-order valence-corrected chi connectivity index (χ3v) is 3.68. The Morgan fingerprint density at radius 2 is 1.28 bits per heavy atom. The van der Waals surface area contributed by atoms with Crippen molar-refractivity contribution in [1.82, 2.24) is 0 Å². The Balaban J connectivity index is 2.12. The fraction of sp³-hybridized carbons (Fsp3) is 0.143. The van der Waals surface area contributed by atoms with Crippen molar-refractivity contribution >= 4 is 28.9 Å². The van der Waals surface area contributed by atoms with E-state index >= 15 is 0 Å². The maximum atomic E-state index is 12.5. The minimum atomic E-state index is -0.675. The first-order valence-electron chi connectivity index (χ1n) is 8.50. The van der Waals surface area contributed by atoms with Crippen molar-refractivity contribution in [1.29, 1.82) is 0 Å². The van der Waals surface area contributed by atoms with Crippen LogP contribution < -0.4 is 19.8 Å². The van der Waals surface area contributed by atoms with Gasteiger partial charge in [0.15, 0.2) is 0 Å². The summed E-state index contributed by atoms with van der Waals surface area (Å²) in [7, 11) is 0. The normalized spacial score (nSPS) is 10.4. The smallest absolute Gasteiger partial charge is 0.344 e. The Morgan fingerprint density at radius 1 is 0.724 bits per heavy atom. The molecule has 0 bridgehead atoms. The molecule has 8 heteroatoms. The van der Waals surface area contributed by atoms with Gasteiger partial charge in [0, 0.05) is 38.3 Å². The van der Waals surface area contributed by atoms with Crippen molar-refractivity contribution in [2.75, 3.05) is 0 Å². The summed E-state index contributed by atoms with van der Waals surface area (Å²) in [5.41, 5.74) is 0.0555. The van der Waals surface area contributed by atoms with E-state index in [9.17, 15) is 19.2 Å². The zero-order valence-corrected chi connectivity index (χ0v) is 15.8. The molecule has 1 heterocycles. The Morgan fingerprint density at radius 3 is 1.83 bits per heavy atom. The molecule has 3 aromatic rings. The zero-order chi connectivity index (χ0) is 21.1. The fourth-order valence-corrected chi connectivity index (χ4v) is 2.70. The summed E-state index contributed by atoms with van der Waals surface area (Å²) in [5.74, 6) is -1.18. The molecule has 3 rings (SSSR count). The van der Waals surface area contributed by atoms with E-state index in [0.29, 0.717) is 10.9 Å². The van der Waals surface area contributed by atoms with E-state index in [4.69, 9.17) is 18.6 Å². The average molecular weight is 396 g/mol. The summed E-state index contributed by atoms with van der Waals surface area (Å²) >= 11 is 0. The molecule has 1 aromatic heterocycles. The fourth-order valence-electron chi connectivity index (χ4n) is 2.70. The number of hydrogen-bond acceptors (Lipinski definition) is 8. The van der Waals surface area contributed by atoms with Crippen LogP contribution >= 0.6 is 0 Å². The van der Waals surface area contributed by atoms with Crippen molar-refractivity contribution in [3.05, 3.63) is 52.9 Å². The van der Waals surface area contributed by atoms with Crippen LogP contribution in [0.1, 0.15) is 20.8 Å². The zero-order valence-electron chi connectivity index (χ0n) is 15.8. The molecule has 0 fully saturated rings. The van der Waals surface area contributed by atoms with Crippen molar-refractivity contribution < 1.29 is 33.0 Å². The van der Waals surface area contributed by atoms with Crippen molar-refractivity contribution in [3.8, 4) is 28.4 Å². The third-order valence-electron chi connectivity index (χ3n) is 3.68. The maximum Gasteiger partial charge on any atom is 0.344 e. The molecule has 0 aliphatic rings. The number of carbonyl (C=O) groups is 3. The number of rotatable bonds is 4. The van der Waals surface area contributed by atoms with Gasteiger partial charge in [-0.15, -0.1) is 0 Å². The average Bonchev–Trinajstić information content (AvgIpc) is 2.59. The van der Waals surface area contributed by atoms with Crippen molar-refractivity contribution in [3.63, 3.8) is 0 Å². The van der Waals surface area contributed by atoms with E-state index in [1.165, 1.54) is 45.0 Å². The van der Waals surface area contributed by atoms with Crippen LogP contribution in [0.3, 0.4) is 0 Å². The standard InChI is InChI=1S/C21H16O8/c1-11(22)26-16-5-4-14-8-19(21(25)29-20(14)10-16)15-6-17(27-12(2)23)9-18(7-15)28-13(3)24/h4-10H,1-3H3. The number of fused-ring (bicyclic) bond motifs is 1. The predicted molar refractivity (Wildman–Crippen MR) is 102 cm³/mol. The maximum absolute atomic E-state index is 12.5. The molecule has 0 saturated carbocycles. The number of esters is 3. The topological polar surface area (TPSA) is 109 Å². The second-order valence-corrected chi connectivity index (χ2v) is 6.12.